The van der Waals surface area contributed by atoms with Crippen LogP contribution < -0.4 is 4.72 Å². The molecule has 0 aliphatic heterocycles. The molecule has 2 rings (SSSR count). The first-order valence-electron chi connectivity index (χ1n) is 6.48. The Morgan fingerprint density at radius 1 is 1.33 bits per heavy atom. The third-order valence-corrected chi connectivity index (χ3v) is 3.63. The lowest BCUT2D eigenvalue weighted by molar-refractivity contribution is 0.596. The van der Waals surface area contributed by atoms with Gasteiger partial charge in [-0.1, -0.05) is 31.9 Å². The van der Waals surface area contributed by atoms with E-state index >= 15 is 0 Å². The molecule has 0 saturated heterocycles. The quantitative estimate of drug-likeness (QED) is 0.879. The molecule has 1 unspecified atom stereocenters. The monoisotopic (exact) mass is 304 g/mol. The molecule has 3 nitrogen and oxygen atoms in total. The number of nitrogens with one attached hydrogen (secondary N) is 1. The lowest BCUT2D eigenvalue weighted by atomic mass is 10.2. The molecule has 0 radical (unpaired) electrons. The summed E-state index contributed by atoms with van der Waals surface area (Å²) >= 11 is 0. The topological polar surface area (TPSA) is 42.0 Å². The number of benzene rings is 1. The van der Waals surface area contributed by atoms with Gasteiger partial charge in [-0.2, -0.15) is 0 Å². The minimum absolute atomic E-state index is 0.0908. The van der Waals surface area contributed by atoms with Crippen molar-refractivity contribution in [3.8, 4) is 12.3 Å². The smallest absolute Gasteiger partial charge is 0.153 e. The van der Waals surface area contributed by atoms with Crippen LogP contribution >= 0.6 is 0 Å². The van der Waals surface area contributed by atoms with Crippen LogP contribution in [0.5, 0.6) is 0 Å². The molecule has 0 bridgehead atoms. The maximum atomic E-state index is 13.5. The number of anilines is 1. The van der Waals surface area contributed by atoms with Crippen molar-refractivity contribution in [3.05, 3.63) is 53.6 Å². The van der Waals surface area contributed by atoms with Crippen molar-refractivity contribution < 1.29 is 8.60 Å². The second-order valence-electron chi connectivity index (χ2n) is 3.80. The van der Waals surface area contributed by atoms with Gasteiger partial charge in [0.25, 0.3) is 0 Å². The van der Waals surface area contributed by atoms with Gasteiger partial charge >= 0.3 is 0 Å². The zero-order chi connectivity index (χ0) is 15.8. The first-order chi connectivity index (χ1) is 10.1. The summed E-state index contributed by atoms with van der Waals surface area (Å²) in [6.45, 7) is 5.75. The van der Waals surface area contributed by atoms with Crippen LogP contribution in [0.2, 0.25) is 0 Å². The Hall–Kier alpha value is -2.19. The lowest BCUT2D eigenvalue weighted by Crippen LogP contribution is -2.08. The summed E-state index contributed by atoms with van der Waals surface area (Å²) in [5, 5.41) is 0. The van der Waals surface area contributed by atoms with Crippen molar-refractivity contribution in [2.75, 3.05) is 4.72 Å². The maximum Gasteiger partial charge on any atom is 0.153 e. The fraction of sp³-hybridized carbons (Fsp3) is 0.188. The van der Waals surface area contributed by atoms with Gasteiger partial charge in [-0.15, -0.1) is 6.42 Å². The third-order valence-electron chi connectivity index (χ3n) is 2.49. The minimum atomic E-state index is -1.70. The average molecular weight is 304 g/mol. The van der Waals surface area contributed by atoms with Crippen molar-refractivity contribution >= 4 is 16.7 Å². The van der Waals surface area contributed by atoms with E-state index in [9.17, 15) is 8.60 Å². The van der Waals surface area contributed by atoms with E-state index in [1.807, 2.05) is 13.8 Å². The van der Waals surface area contributed by atoms with Crippen molar-refractivity contribution in [2.24, 2.45) is 0 Å². The van der Waals surface area contributed by atoms with Gasteiger partial charge in [-0.05, 0) is 25.1 Å². The Balaban J connectivity index is 0.00000106. The summed E-state index contributed by atoms with van der Waals surface area (Å²) in [5.74, 6) is 1.92. The molecule has 0 amide bonds. The molecule has 0 saturated carbocycles. The largest absolute Gasteiger partial charge is 0.299 e. The van der Waals surface area contributed by atoms with Gasteiger partial charge in [-0.25, -0.2) is 8.60 Å². The lowest BCUT2D eigenvalue weighted by Gasteiger charge is -2.09. The highest BCUT2D eigenvalue weighted by Gasteiger charge is 2.11. The number of aryl methyl sites for hydroxylation is 1. The maximum absolute atomic E-state index is 13.5. The predicted molar refractivity (Wildman–Crippen MR) is 84.7 cm³/mol. The first-order valence-corrected chi connectivity index (χ1v) is 7.63. The van der Waals surface area contributed by atoms with Gasteiger partial charge in [-0.3, -0.25) is 9.71 Å². The number of hydrogen-bond donors (Lipinski definition) is 1. The summed E-state index contributed by atoms with van der Waals surface area (Å²) in [6, 6.07) is 7.55. The van der Waals surface area contributed by atoms with Crippen molar-refractivity contribution in [1.29, 1.82) is 0 Å². The van der Waals surface area contributed by atoms with Crippen LogP contribution in [-0.4, -0.2) is 9.19 Å². The molecule has 5 heteroatoms. The number of pyridine rings is 1. The number of rotatable bonds is 3. The summed E-state index contributed by atoms with van der Waals surface area (Å²) in [6.07, 6.45) is 6.83. The van der Waals surface area contributed by atoms with Gasteiger partial charge in [0.15, 0.2) is 11.0 Å². The SMILES string of the molecule is C#Cc1cnc(C)c(NS(=O)c2ccccc2F)c1.CC. The normalized spacial score (nSPS) is 10.8. The summed E-state index contributed by atoms with van der Waals surface area (Å²) in [5.41, 5.74) is 1.74. The Morgan fingerprint density at radius 2 is 2.00 bits per heavy atom. The zero-order valence-corrected chi connectivity index (χ0v) is 13.0. The average Bonchev–Trinajstić information content (AvgIpc) is 2.52. The zero-order valence-electron chi connectivity index (χ0n) is 12.2. The second-order valence-corrected chi connectivity index (χ2v) is 4.98. The van der Waals surface area contributed by atoms with Crippen LogP contribution in [-0.2, 0) is 11.0 Å². The van der Waals surface area contributed by atoms with E-state index in [0.717, 1.165) is 0 Å². The molecule has 1 aromatic heterocycles. The second kappa shape index (κ2) is 8.18. The van der Waals surface area contributed by atoms with Crippen LogP contribution in [0.15, 0.2) is 41.4 Å². The number of aromatic nitrogens is 1. The Morgan fingerprint density at radius 3 is 2.62 bits per heavy atom. The van der Waals surface area contributed by atoms with Crippen molar-refractivity contribution in [2.45, 2.75) is 25.7 Å². The standard InChI is InChI=1S/C14H11FN2OS.C2H6/c1-3-11-8-13(10(2)16-9-11)17-19(18)14-7-5-4-6-12(14)15;1-2/h1,4-9,17H,2H3;1-2H3. The molecule has 21 heavy (non-hydrogen) atoms. The molecule has 0 aliphatic rings. The molecule has 0 spiro atoms. The van der Waals surface area contributed by atoms with Crippen LogP contribution in [0.3, 0.4) is 0 Å². The molecule has 2 aromatic rings. The third kappa shape index (κ3) is 4.40. The number of terminal acetylenes is 1. The molecule has 1 heterocycles. The highest BCUT2D eigenvalue weighted by molar-refractivity contribution is 7.86. The van der Waals surface area contributed by atoms with Crippen molar-refractivity contribution in [1.82, 2.24) is 4.98 Å². The molecule has 110 valence electrons. The summed E-state index contributed by atoms with van der Waals surface area (Å²) in [7, 11) is -1.70. The van der Waals surface area contributed by atoms with Gasteiger partial charge < -0.3 is 0 Å². The number of nitrogens with zero attached hydrogens (tertiary/aromatic N) is 1. The number of hydrogen-bond acceptors (Lipinski definition) is 2. The predicted octanol–water partition coefficient (Wildman–Crippen LogP) is 3.67. The number of halogens is 1. The highest BCUT2D eigenvalue weighted by atomic mass is 32.2. The minimum Gasteiger partial charge on any atom is -0.299 e. The Kier molecular flexibility index (Phi) is 6.57. The molecule has 0 aliphatic carbocycles. The van der Waals surface area contributed by atoms with Gasteiger partial charge in [0, 0.05) is 11.8 Å². The van der Waals surface area contributed by atoms with Gasteiger partial charge in [0.1, 0.15) is 5.82 Å². The molecule has 0 fully saturated rings. The first kappa shape index (κ1) is 16.9. The Bertz CT molecular complexity index is 680. The van der Waals surface area contributed by atoms with E-state index in [4.69, 9.17) is 6.42 Å². The fourth-order valence-electron chi connectivity index (χ4n) is 1.47. The van der Waals surface area contributed by atoms with E-state index in [2.05, 4.69) is 15.6 Å². The molecular formula is C16H17FN2OS. The molecule has 1 atom stereocenters. The highest BCUT2D eigenvalue weighted by Crippen LogP contribution is 2.18. The molecule has 1 N–H and O–H groups in total. The van der Waals surface area contributed by atoms with E-state index in [1.165, 1.54) is 12.1 Å². The Labute approximate surface area is 127 Å². The van der Waals surface area contributed by atoms with E-state index < -0.39 is 16.8 Å². The van der Waals surface area contributed by atoms with E-state index in [-0.39, 0.29) is 4.90 Å². The van der Waals surface area contributed by atoms with Crippen LogP contribution in [0.4, 0.5) is 10.1 Å². The molecule has 1 aromatic carbocycles. The van der Waals surface area contributed by atoms with Gasteiger partial charge in [0.2, 0.25) is 0 Å². The van der Waals surface area contributed by atoms with Gasteiger partial charge in [0.05, 0.1) is 16.3 Å². The van der Waals surface area contributed by atoms with Crippen LogP contribution in [0, 0.1) is 25.1 Å². The summed E-state index contributed by atoms with van der Waals surface area (Å²) < 4.78 is 28.3. The van der Waals surface area contributed by atoms with Crippen molar-refractivity contribution in [3.63, 3.8) is 0 Å². The molecular weight excluding hydrogens is 287 g/mol. The van der Waals surface area contributed by atoms with E-state index in [0.29, 0.717) is 16.9 Å². The van der Waals surface area contributed by atoms with Crippen LogP contribution in [0.1, 0.15) is 25.1 Å². The summed E-state index contributed by atoms with van der Waals surface area (Å²) in [4.78, 5) is 4.18. The van der Waals surface area contributed by atoms with E-state index in [1.54, 1.807) is 31.3 Å². The van der Waals surface area contributed by atoms with Crippen LogP contribution in [0.25, 0.3) is 0 Å². The fourth-order valence-corrected chi connectivity index (χ4v) is 2.43.